The van der Waals surface area contributed by atoms with E-state index in [1.54, 1.807) is 12.1 Å². The smallest absolute Gasteiger partial charge is 0.159 e. The number of nitrogens with two attached hydrogens (primary N) is 1. The predicted octanol–water partition coefficient (Wildman–Crippen LogP) is 2.31. The Kier molecular flexibility index (Phi) is 2.78. The number of anilines is 1. The average molecular weight is 221 g/mol. The van der Waals surface area contributed by atoms with Gasteiger partial charge in [-0.3, -0.25) is 10.8 Å². The molecular weight excluding hydrogens is 212 g/mol. The third kappa shape index (κ3) is 1.99. The zero-order chi connectivity index (χ0) is 11.5. The number of nitrogens with one attached hydrogen (secondary N) is 1. The van der Waals surface area contributed by atoms with Gasteiger partial charge in [-0.25, -0.2) is 8.78 Å². The van der Waals surface area contributed by atoms with E-state index < -0.39 is 11.6 Å². The van der Waals surface area contributed by atoms with Crippen LogP contribution in [-0.4, -0.2) is 4.98 Å². The molecule has 0 spiro atoms. The lowest BCUT2D eigenvalue weighted by atomic mass is 10.1. The zero-order valence-corrected chi connectivity index (χ0v) is 8.24. The summed E-state index contributed by atoms with van der Waals surface area (Å²) in [5.41, 5.74) is 4.12. The number of nitrogen functional groups attached to an aromatic ring is 1. The van der Waals surface area contributed by atoms with Crippen LogP contribution in [0.3, 0.4) is 0 Å². The molecule has 0 aliphatic heterocycles. The highest BCUT2D eigenvalue weighted by Gasteiger charge is 2.05. The van der Waals surface area contributed by atoms with Crippen molar-refractivity contribution in [2.24, 2.45) is 5.84 Å². The van der Waals surface area contributed by atoms with Gasteiger partial charge in [-0.2, -0.15) is 0 Å². The lowest BCUT2D eigenvalue weighted by molar-refractivity contribution is 0.509. The zero-order valence-electron chi connectivity index (χ0n) is 8.24. The van der Waals surface area contributed by atoms with Gasteiger partial charge < -0.3 is 5.43 Å². The summed E-state index contributed by atoms with van der Waals surface area (Å²) in [6.45, 7) is 0. The molecule has 2 aromatic rings. The first-order valence-corrected chi connectivity index (χ1v) is 4.59. The van der Waals surface area contributed by atoms with Gasteiger partial charge in [0.25, 0.3) is 0 Å². The van der Waals surface area contributed by atoms with Crippen LogP contribution in [0.2, 0.25) is 0 Å². The molecule has 0 amide bonds. The van der Waals surface area contributed by atoms with Crippen molar-refractivity contribution in [1.82, 2.24) is 4.98 Å². The number of benzene rings is 1. The fourth-order valence-corrected chi connectivity index (χ4v) is 1.33. The number of pyridine rings is 1. The Bertz CT molecular complexity index is 514. The van der Waals surface area contributed by atoms with Crippen molar-refractivity contribution in [1.29, 1.82) is 0 Å². The standard InChI is InChI=1S/C11H9F2N3/c12-9-2-1-7(5-10(9)13)11-6-8(16-14)3-4-15-11/h1-6H,14H2,(H,15,16). The molecule has 0 atom stereocenters. The minimum absolute atomic E-state index is 0.496. The summed E-state index contributed by atoms with van der Waals surface area (Å²) in [5.74, 6) is 3.46. The Labute approximate surface area is 90.9 Å². The third-order valence-electron chi connectivity index (χ3n) is 2.14. The van der Waals surface area contributed by atoms with Gasteiger partial charge in [0.2, 0.25) is 0 Å². The lowest BCUT2D eigenvalue weighted by Crippen LogP contribution is -2.06. The van der Waals surface area contributed by atoms with E-state index in [1.807, 2.05) is 0 Å². The van der Waals surface area contributed by atoms with E-state index in [0.29, 0.717) is 16.9 Å². The van der Waals surface area contributed by atoms with Crippen LogP contribution >= 0.6 is 0 Å². The van der Waals surface area contributed by atoms with E-state index in [0.717, 1.165) is 12.1 Å². The van der Waals surface area contributed by atoms with Crippen LogP contribution in [0.1, 0.15) is 0 Å². The molecule has 3 nitrogen and oxygen atoms in total. The van der Waals surface area contributed by atoms with Gasteiger partial charge >= 0.3 is 0 Å². The molecule has 0 saturated carbocycles. The highest BCUT2D eigenvalue weighted by molar-refractivity contribution is 5.63. The minimum atomic E-state index is -0.898. The molecule has 16 heavy (non-hydrogen) atoms. The van der Waals surface area contributed by atoms with Crippen LogP contribution in [0.15, 0.2) is 36.5 Å². The second kappa shape index (κ2) is 4.24. The summed E-state index contributed by atoms with van der Waals surface area (Å²) >= 11 is 0. The van der Waals surface area contributed by atoms with Crippen molar-refractivity contribution in [2.45, 2.75) is 0 Å². The fraction of sp³-hybridized carbons (Fsp3) is 0. The highest BCUT2D eigenvalue weighted by atomic mass is 19.2. The van der Waals surface area contributed by atoms with Gasteiger partial charge in [0.1, 0.15) is 0 Å². The van der Waals surface area contributed by atoms with E-state index in [-0.39, 0.29) is 0 Å². The van der Waals surface area contributed by atoms with Gasteiger partial charge in [0.05, 0.1) is 11.4 Å². The summed E-state index contributed by atoms with van der Waals surface area (Å²) in [7, 11) is 0. The van der Waals surface area contributed by atoms with Crippen LogP contribution in [0.25, 0.3) is 11.3 Å². The molecule has 1 heterocycles. The number of aromatic nitrogens is 1. The second-order valence-electron chi connectivity index (χ2n) is 3.20. The summed E-state index contributed by atoms with van der Waals surface area (Å²) in [6.07, 6.45) is 1.53. The number of hydrogen-bond donors (Lipinski definition) is 2. The molecule has 1 aromatic carbocycles. The third-order valence-corrected chi connectivity index (χ3v) is 2.14. The number of nitrogens with zero attached hydrogens (tertiary/aromatic N) is 1. The molecule has 3 N–H and O–H groups in total. The van der Waals surface area contributed by atoms with E-state index >= 15 is 0 Å². The molecule has 0 fully saturated rings. The van der Waals surface area contributed by atoms with Crippen LogP contribution in [-0.2, 0) is 0 Å². The van der Waals surface area contributed by atoms with E-state index in [1.165, 1.54) is 12.3 Å². The van der Waals surface area contributed by atoms with Crippen molar-refractivity contribution in [2.75, 3.05) is 5.43 Å². The molecule has 0 unspecified atom stereocenters. The second-order valence-corrected chi connectivity index (χ2v) is 3.20. The van der Waals surface area contributed by atoms with Crippen LogP contribution in [0.4, 0.5) is 14.5 Å². The maximum atomic E-state index is 13.0. The van der Waals surface area contributed by atoms with Crippen LogP contribution in [0.5, 0.6) is 0 Å². The van der Waals surface area contributed by atoms with Crippen molar-refractivity contribution >= 4 is 5.69 Å². The monoisotopic (exact) mass is 221 g/mol. The normalized spacial score (nSPS) is 10.2. The first-order valence-electron chi connectivity index (χ1n) is 4.59. The van der Waals surface area contributed by atoms with Gasteiger partial charge in [0, 0.05) is 11.8 Å². The Balaban J connectivity index is 2.46. The Morgan fingerprint density at radius 2 is 1.88 bits per heavy atom. The predicted molar refractivity (Wildman–Crippen MR) is 57.4 cm³/mol. The Morgan fingerprint density at radius 3 is 2.56 bits per heavy atom. The molecule has 0 bridgehead atoms. The molecule has 0 aliphatic rings. The largest absolute Gasteiger partial charge is 0.324 e. The molecule has 1 aromatic heterocycles. The number of hydrogen-bond acceptors (Lipinski definition) is 3. The molecule has 0 aliphatic carbocycles. The summed E-state index contributed by atoms with van der Waals surface area (Å²) in [4.78, 5) is 4.04. The molecule has 82 valence electrons. The molecule has 5 heteroatoms. The van der Waals surface area contributed by atoms with Crippen molar-refractivity contribution in [3.63, 3.8) is 0 Å². The van der Waals surface area contributed by atoms with Gasteiger partial charge in [-0.05, 0) is 30.3 Å². The van der Waals surface area contributed by atoms with Gasteiger partial charge in [-0.1, -0.05) is 0 Å². The maximum absolute atomic E-state index is 13.0. The van der Waals surface area contributed by atoms with E-state index in [4.69, 9.17) is 5.84 Å². The summed E-state index contributed by atoms with van der Waals surface area (Å²) in [6, 6.07) is 6.93. The highest BCUT2D eigenvalue weighted by Crippen LogP contribution is 2.21. The van der Waals surface area contributed by atoms with Crippen molar-refractivity contribution in [3.8, 4) is 11.3 Å². The van der Waals surface area contributed by atoms with Crippen molar-refractivity contribution < 1.29 is 8.78 Å². The topological polar surface area (TPSA) is 50.9 Å². The molecule has 0 radical (unpaired) electrons. The Hall–Kier alpha value is -2.01. The summed E-state index contributed by atoms with van der Waals surface area (Å²) in [5, 5.41) is 0. The maximum Gasteiger partial charge on any atom is 0.159 e. The fourth-order valence-electron chi connectivity index (χ4n) is 1.33. The van der Waals surface area contributed by atoms with Crippen LogP contribution in [0, 0.1) is 11.6 Å². The van der Waals surface area contributed by atoms with E-state index in [9.17, 15) is 8.78 Å². The van der Waals surface area contributed by atoms with E-state index in [2.05, 4.69) is 10.4 Å². The van der Waals surface area contributed by atoms with Crippen molar-refractivity contribution in [3.05, 3.63) is 48.2 Å². The van der Waals surface area contributed by atoms with Gasteiger partial charge in [0.15, 0.2) is 11.6 Å². The molecule has 0 saturated heterocycles. The SMILES string of the molecule is NNc1ccnc(-c2ccc(F)c(F)c2)c1. The number of rotatable bonds is 2. The van der Waals surface area contributed by atoms with Gasteiger partial charge in [-0.15, -0.1) is 0 Å². The molecule has 2 rings (SSSR count). The number of hydrazine groups is 1. The number of halogens is 2. The Morgan fingerprint density at radius 1 is 1.06 bits per heavy atom. The van der Waals surface area contributed by atoms with Crippen LogP contribution < -0.4 is 11.3 Å². The average Bonchev–Trinajstić information content (AvgIpc) is 2.33. The first-order chi connectivity index (χ1) is 7.70. The minimum Gasteiger partial charge on any atom is -0.324 e. The first kappa shape index (κ1) is 10.5. The summed E-state index contributed by atoms with van der Waals surface area (Å²) < 4.78 is 25.7. The quantitative estimate of drug-likeness (QED) is 0.604. The molecular formula is C11H9F2N3. The lowest BCUT2D eigenvalue weighted by Gasteiger charge is -2.04.